The lowest BCUT2D eigenvalue weighted by molar-refractivity contribution is -0.121. The van der Waals surface area contributed by atoms with E-state index in [1.807, 2.05) is 0 Å². The smallest absolute Gasteiger partial charge is 0.332 e. The Hall–Kier alpha value is -2.17. The van der Waals surface area contributed by atoms with Crippen molar-refractivity contribution in [3.05, 3.63) is 27.2 Å². The Labute approximate surface area is 150 Å². The third-order valence-corrected chi connectivity index (χ3v) is 3.64. The van der Waals surface area contributed by atoms with E-state index in [2.05, 4.69) is 15.6 Å². The molecule has 0 unspecified atom stereocenters. The molecule has 25 heavy (non-hydrogen) atoms. The Morgan fingerprint density at radius 1 is 1.20 bits per heavy atom. The van der Waals surface area contributed by atoms with E-state index < -0.39 is 11.2 Å². The normalized spacial score (nSPS) is 10.7. The van der Waals surface area contributed by atoms with E-state index in [1.54, 1.807) is 7.11 Å². The van der Waals surface area contributed by atoms with E-state index >= 15 is 0 Å². The molecule has 0 aromatic carbocycles. The highest BCUT2D eigenvalue weighted by atomic mass is 35.5. The summed E-state index contributed by atoms with van der Waals surface area (Å²) in [4.78, 5) is 40.2. The fourth-order valence-corrected chi connectivity index (χ4v) is 2.32. The number of amides is 1. The second-order valence-corrected chi connectivity index (χ2v) is 5.34. The fraction of sp³-hybridized carbons (Fsp3) is 0.571. The summed E-state index contributed by atoms with van der Waals surface area (Å²) in [6, 6.07) is 0. The lowest BCUT2D eigenvalue weighted by Crippen LogP contribution is -2.38. The van der Waals surface area contributed by atoms with Crippen molar-refractivity contribution in [1.82, 2.24) is 29.3 Å². The van der Waals surface area contributed by atoms with E-state index in [-0.39, 0.29) is 36.0 Å². The molecule has 2 N–H and O–H groups in total. The average Bonchev–Trinajstić information content (AvgIpc) is 2.97. The number of imidazole rings is 1. The van der Waals surface area contributed by atoms with E-state index in [1.165, 1.54) is 29.6 Å². The van der Waals surface area contributed by atoms with E-state index in [0.717, 1.165) is 4.57 Å². The van der Waals surface area contributed by atoms with Gasteiger partial charge in [0.1, 0.15) is 6.54 Å². The first-order valence-electron chi connectivity index (χ1n) is 7.54. The predicted molar refractivity (Wildman–Crippen MR) is 95.2 cm³/mol. The highest BCUT2D eigenvalue weighted by molar-refractivity contribution is 5.85. The summed E-state index contributed by atoms with van der Waals surface area (Å²) in [6.45, 7) is 2.36. The van der Waals surface area contributed by atoms with Crippen molar-refractivity contribution in [1.29, 1.82) is 0 Å². The highest BCUT2D eigenvalue weighted by Gasteiger charge is 2.15. The summed E-state index contributed by atoms with van der Waals surface area (Å²) in [5.41, 5.74) is -0.436. The molecule has 2 aromatic heterocycles. The summed E-state index contributed by atoms with van der Waals surface area (Å²) < 4.78 is 8.63. The Bertz CT molecular complexity index is 840. The monoisotopic (exact) mass is 374 g/mol. The number of hydrogen-bond donors (Lipinski definition) is 2. The van der Waals surface area contributed by atoms with E-state index in [4.69, 9.17) is 4.74 Å². The number of hydrogen-bond acceptors (Lipinski definition) is 6. The summed E-state index contributed by atoms with van der Waals surface area (Å²) in [6.07, 6.45) is 1.39. The molecule has 0 aliphatic heterocycles. The largest absolute Gasteiger partial charge is 0.383 e. The zero-order chi connectivity index (χ0) is 17.7. The number of aromatic nitrogens is 4. The molecule has 0 aliphatic rings. The number of nitrogens with zero attached hydrogens (tertiary/aromatic N) is 4. The topological polar surface area (TPSA) is 112 Å². The molecule has 1 amide bonds. The van der Waals surface area contributed by atoms with Crippen molar-refractivity contribution >= 4 is 29.5 Å². The zero-order valence-corrected chi connectivity index (χ0v) is 15.3. The Morgan fingerprint density at radius 3 is 2.60 bits per heavy atom. The van der Waals surface area contributed by atoms with E-state index in [9.17, 15) is 14.4 Å². The molecule has 0 atom stereocenters. The van der Waals surface area contributed by atoms with Crippen molar-refractivity contribution in [3.8, 4) is 0 Å². The van der Waals surface area contributed by atoms with Gasteiger partial charge in [0.25, 0.3) is 5.56 Å². The van der Waals surface area contributed by atoms with Gasteiger partial charge in [0, 0.05) is 40.8 Å². The number of aryl methyl sites for hydroxylation is 1. The number of fused-ring (bicyclic) bond motifs is 1. The van der Waals surface area contributed by atoms with Crippen LogP contribution in [-0.4, -0.2) is 57.9 Å². The summed E-state index contributed by atoms with van der Waals surface area (Å²) in [5.74, 6) is -0.237. The van der Waals surface area contributed by atoms with Crippen LogP contribution in [0.15, 0.2) is 15.9 Å². The molecule has 0 fully saturated rings. The van der Waals surface area contributed by atoms with Crippen LogP contribution in [0.25, 0.3) is 11.2 Å². The molecule has 140 valence electrons. The zero-order valence-electron chi connectivity index (χ0n) is 14.4. The van der Waals surface area contributed by atoms with Crippen LogP contribution in [0.3, 0.4) is 0 Å². The van der Waals surface area contributed by atoms with Crippen molar-refractivity contribution in [2.24, 2.45) is 14.1 Å². The maximum atomic E-state index is 12.3. The van der Waals surface area contributed by atoms with Gasteiger partial charge in [0.2, 0.25) is 5.91 Å². The Morgan fingerprint density at radius 2 is 1.92 bits per heavy atom. The first-order chi connectivity index (χ1) is 11.5. The van der Waals surface area contributed by atoms with Crippen LogP contribution in [0.2, 0.25) is 0 Å². The van der Waals surface area contributed by atoms with Gasteiger partial charge in [-0.05, 0) is 0 Å². The first kappa shape index (κ1) is 20.9. The molecule has 2 aromatic rings. The van der Waals surface area contributed by atoms with Crippen LogP contribution in [0.4, 0.5) is 0 Å². The number of rotatable bonds is 8. The van der Waals surface area contributed by atoms with Gasteiger partial charge in [0.15, 0.2) is 11.2 Å². The third-order valence-electron chi connectivity index (χ3n) is 3.64. The SMILES string of the molecule is COCCNCCNC(=O)Cn1cnc2c1c(=O)n(C)c(=O)n2C.Cl. The van der Waals surface area contributed by atoms with Crippen molar-refractivity contribution < 1.29 is 9.53 Å². The van der Waals surface area contributed by atoms with Crippen LogP contribution in [0.5, 0.6) is 0 Å². The summed E-state index contributed by atoms with van der Waals surface area (Å²) >= 11 is 0. The van der Waals surface area contributed by atoms with E-state index in [0.29, 0.717) is 26.2 Å². The number of ether oxygens (including phenoxy) is 1. The molecule has 10 nitrogen and oxygen atoms in total. The van der Waals surface area contributed by atoms with Crippen LogP contribution >= 0.6 is 12.4 Å². The summed E-state index contributed by atoms with van der Waals surface area (Å²) in [7, 11) is 4.55. The van der Waals surface area contributed by atoms with Gasteiger partial charge in [-0.3, -0.25) is 18.7 Å². The average molecular weight is 375 g/mol. The Kier molecular flexibility index (Phi) is 7.81. The molecule has 0 saturated heterocycles. The number of carbonyl (C=O) groups is 1. The maximum absolute atomic E-state index is 12.3. The minimum atomic E-state index is -0.473. The van der Waals surface area contributed by atoms with Gasteiger partial charge in [-0.1, -0.05) is 0 Å². The van der Waals surface area contributed by atoms with Gasteiger partial charge >= 0.3 is 5.69 Å². The second-order valence-electron chi connectivity index (χ2n) is 5.34. The molecular weight excluding hydrogens is 352 g/mol. The molecule has 0 saturated carbocycles. The molecule has 0 bridgehead atoms. The van der Waals surface area contributed by atoms with Gasteiger partial charge in [-0.25, -0.2) is 9.78 Å². The van der Waals surface area contributed by atoms with Crippen LogP contribution in [0.1, 0.15) is 0 Å². The lowest BCUT2D eigenvalue weighted by atomic mass is 10.4. The predicted octanol–water partition coefficient (Wildman–Crippen LogP) is -1.79. The van der Waals surface area contributed by atoms with Crippen LogP contribution in [-0.2, 0) is 30.2 Å². The highest BCUT2D eigenvalue weighted by Crippen LogP contribution is 2.04. The molecule has 2 rings (SSSR count). The second kappa shape index (κ2) is 9.35. The molecule has 0 aliphatic carbocycles. The number of nitrogens with one attached hydrogen (secondary N) is 2. The molecular formula is C14H23ClN6O4. The number of methoxy groups -OCH3 is 1. The minimum Gasteiger partial charge on any atom is -0.383 e. The molecule has 11 heteroatoms. The standard InChI is InChI=1S/C14H22N6O4.ClH/c1-18-12-11(13(22)19(2)14(18)23)20(9-17-12)8-10(21)16-5-4-15-6-7-24-3;/h9,15H,4-8H2,1-3H3,(H,16,21);1H. The molecule has 0 radical (unpaired) electrons. The van der Waals surface area contributed by atoms with Gasteiger partial charge in [0.05, 0.1) is 12.9 Å². The summed E-state index contributed by atoms with van der Waals surface area (Å²) in [5, 5.41) is 5.86. The molecule has 0 spiro atoms. The quantitative estimate of drug-likeness (QED) is 0.528. The third kappa shape index (κ3) is 4.68. The fourth-order valence-electron chi connectivity index (χ4n) is 2.32. The molecule has 2 heterocycles. The minimum absolute atomic E-state index is 0. The maximum Gasteiger partial charge on any atom is 0.332 e. The number of carbonyl (C=O) groups excluding carboxylic acids is 1. The lowest BCUT2D eigenvalue weighted by Gasteiger charge is -2.08. The number of halogens is 1. The van der Waals surface area contributed by atoms with Crippen molar-refractivity contribution in [2.45, 2.75) is 6.54 Å². The van der Waals surface area contributed by atoms with Gasteiger partial charge in [-0.15, -0.1) is 12.4 Å². The van der Waals surface area contributed by atoms with Crippen molar-refractivity contribution in [3.63, 3.8) is 0 Å². The first-order valence-corrected chi connectivity index (χ1v) is 7.54. The van der Waals surface area contributed by atoms with Crippen LogP contribution < -0.4 is 21.9 Å². The van der Waals surface area contributed by atoms with Crippen LogP contribution in [0, 0.1) is 0 Å². The van der Waals surface area contributed by atoms with Gasteiger partial charge < -0.3 is 19.9 Å². The van der Waals surface area contributed by atoms with Gasteiger partial charge in [-0.2, -0.15) is 0 Å². The Balaban J connectivity index is 0.00000312. The van der Waals surface area contributed by atoms with Crippen molar-refractivity contribution in [2.75, 3.05) is 33.4 Å².